The van der Waals surface area contributed by atoms with Gasteiger partial charge in [0.05, 0.1) is 0 Å². The summed E-state index contributed by atoms with van der Waals surface area (Å²) in [4.78, 5) is 0. The van der Waals surface area contributed by atoms with E-state index in [4.69, 9.17) is 4.43 Å². The molecular weight excluding hydrogens is 202 g/mol. The van der Waals surface area contributed by atoms with E-state index in [1.807, 2.05) is 0 Å². The number of halogens is 2. The minimum atomic E-state index is -1.02. The first-order valence-corrected chi connectivity index (χ1v) is 7.42. The van der Waals surface area contributed by atoms with Crippen molar-refractivity contribution in [2.24, 2.45) is 0 Å². The summed E-state index contributed by atoms with van der Waals surface area (Å²) < 4.78 is 30.9. The van der Waals surface area contributed by atoms with E-state index in [1.165, 1.54) is 12.1 Å². The highest BCUT2D eigenvalue weighted by Gasteiger charge is 2.01. The van der Waals surface area contributed by atoms with Crippen LogP contribution in [0.3, 0.4) is 0 Å². The normalized spacial score (nSPS) is 10.9. The lowest BCUT2D eigenvalue weighted by Gasteiger charge is -2.06. The van der Waals surface area contributed by atoms with Crippen LogP contribution in [0.2, 0.25) is 13.1 Å². The molecule has 0 N–H and O–H groups in total. The molecule has 0 saturated carbocycles. The van der Waals surface area contributed by atoms with Crippen LogP contribution in [-0.4, -0.2) is 15.6 Å². The first kappa shape index (κ1) is 11.3. The van der Waals surface area contributed by atoms with E-state index in [-0.39, 0.29) is 0 Å². The van der Waals surface area contributed by atoms with E-state index in [0.717, 1.165) is 6.07 Å². The predicted molar refractivity (Wildman–Crippen MR) is 54.9 cm³/mol. The highest BCUT2D eigenvalue weighted by molar-refractivity contribution is 6.48. The molecule has 0 saturated heterocycles. The molecule has 1 nitrogen and oxygen atoms in total. The Kier molecular flexibility index (Phi) is 4.22. The molecule has 0 aliphatic heterocycles. The fraction of sp³-hybridized carbons (Fsp3) is 0.400. The Morgan fingerprint density at radius 1 is 1.14 bits per heavy atom. The van der Waals surface area contributed by atoms with E-state index < -0.39 is 20.7 Å². The van der Waals surface area contributed by atoms with Crippen molar-refractivity contribution in [3.05, 3.63) is 35.4 Å². The largest absolute Gasteiger partial charge is 0.420 e. The molecule has 1 rings (SSSR count). The van der Waals surface area contributed by atoms with Crippen LogP contribution in [-0.2, 0) is 10.8 Å². The monoisotopic (exact) mass is 216 g/mol. The third-order valence-electron chi connectivity index (χ3n) is 1.76. The standard InChI is InChI=1S/C10H14F2OSi/c1-14(2)13-4-3-8-5-9(11)7-10(12)6-8/h5-7,14H,3-4H2,1-2H3. The molecule has 78 valence electrons. The summed E-state index contributed by atoms with van der Waals surface area (Å²) in [7, 11) is -1.02. The molecule has 0 spiro atoms. The zero-order valence-corrected chi connectivity index (χ0v) is 9.54. The van der Waals surface area contributed by atoms with E-state index >= 15 is 0 Å². The third-order valence-corrected chi connectivity index (χ3v) is 2.67. The molecule has 0 radical (unpaired) electrons. The fourth-order valence-electron chi connectivity index (χ4n) is 1.17. The summed E-state index contributed by atoms with van der Waals surface area (Å²) in [6.07, 6.45) is 0.569. The van der Waals surface area contributed by atoms with Crippen molar-refractivity contribution in [2.75, 3.05) is 6.61 Å². The zero-order chi connectivity index (χ0) is 10.6. The van der Waals surface area contributed by atoms with Crippen molar-refractivity contribution in [3.8, 4) is 0 Å². The molecule has 1 aromatic carbocycles. The van der Waals surface area contributed by atoms with Gasteiger partial charge in [-0.05, 0) is 37.2 Å². The van der Waals surface area contributed by atoms with Crippen molar-refractivity contribution in [1.29, 1.82) is 0 Å². The minimum Gasteiger partial charge on any atom is -0.420 e. The van der Waals surface area contributed by atoms with E-state index in [9.17, 15) is 8.78 Å². The van der Waals surface area contributed by atoms with Gasteiger partial charge in [0.25, 0.3) is 0 Å². The molecule has 1 aromatic rings. The Bertz CT molecular complexity index is 282. The average molecular weight is 216 g/mol. The second-order valence-corrected chi connectivity index (χ2v) is 5.88. The lowest BCUT2D eigenvalue weighted by molar-refractivity contribution is 0.330. The molecule has 4 heteroatoms. The molecule has 0 aromatic heterocycles. The van der Waals surface area contributed by atoms with Gasteiger partial charge in [0.1, 0.15) is 11.6 Å². The van der Waals surface area contributed by atoms with Gasteiger partial charge in [0.15, 0.2) is 9.04 Å². The predicted octanol–water partition coefficient (Wildman–Crippen LogP) is 2.51. The minimum absolute atomic E-state index is 0.526. The maximum Gasteiger partial charge on any atom is 0.170 e. The lowest BCUT2D eigenvalue weighted by Crippen LogP contribution is -2.10. The maximum absolute atomic E-state index is 12.7. The highest BCUT2D eigenvalue weighted by atomic mass is 28.3. The molecule has 14 heavy (non-hydrogen) atoms. The van der Waals surface area contributed by atoms with Gasteiger partial charge in [-0.2, -0.15) is 0 Å². The van der Waals surface area contributed by atoms with Gasteiger partial charge in [0.2, 0.25) is 0 Å². The molecule has 0 aliphatic rings. The number of benzene rings is 1. The van der Waals surface area contributed by atoms with Crippen LogP contribution in [0.1, 0.15) is 5.56 Å². The fourth-order valence-corrected chi connectivity index (χ4v) is 1.76. The van der Waals surface area contributed by atoms with Gasteiger partial charge in [-0.25, -0.2) is 8.78 Å². The van der Waals surface area contributed by atoms with Crippen molar-refractivity contribution >= 4 is 9.04 Å². The van der Waals surface area contributed by atoms with Crippen molar-refractivity contribution < 1.29 is 13.2 Å². The number of rotatable bonds is 4. The summed E-state index contributed by atoms with van der Waals surface area (Å²) in [5.74, 6) is -1.05. The van der Waals surface area contributed by atoms with Gasteiger partial charge in [-0.3, -0.25) is 0 Å². The molecule has 0 fully saturated rings. The Morgan fingerprint density at radius 3 is 2.21 bits per heavy atom. The van der Waals surface area contributed by atoms with Crippen LogP contribution in [0.5, 0.6) is 0 Å². The molecular formula is C10H14F2OSi. The summed E-state index contributed by atoms with van der Waals surface area (Å²) in [5.41, 5.74) is 0.650. The quantitative estimate of drug-likeness (QED) is 0.703. The van der Waals surface area contributed by atoms with E-state index in [1.54, 1.807) is 0 Å². The van der Waals surface area contributed by atoms with Gasteiger partial charge in [-0.1, -0.05) is 0 Å². The van der Waals surface area contributed by atoms with Crippen molar-refractivity contribution in [2.45, 2.75) is 19.5 Å². The molecule has 0 heterocycles. The van der Waals surface area contributed by atoms with Gasteiger partial charge >= 0.3 is 0 Å². The number of hydrogen-bond donors (Lipinski definition) is 0. The van der Waals surface area contributed by atoms with Gasteiger partial charge in [0, 0.05) is 12.7 Å². The smallest absolute Gasteiger partial charge is 0.170 e. The Labute approximate surface area is 84.4 Å². The Balaban J connectivity index is 2.50. The zero-order valence-electron chi connectivity index (χ0n) is 8.39. The molecule has 0 atom stereocenters. The summed E-state index contributed by atoms with van der Waals surface area (Å²) in [5, 5.41) is 0. The van der Waals surface area contributed by atoms with Gasteiger partial charge in [-0.15, -0.1) is 0 Å². The van der Waals surface area contributed by atoms with Crippen LogP contribution < -0.4 is 0 Å². The first-order valence-electron chi connectivity index (χ1n) is 4.64. The van der Waals surface area contributed by atoms with E-state index in [2.05, 4.69) is 13.1 Å². The van der Waals surface area contributed by atoms with Crippen molar-refractivity contribution in [3.63, 3.8) is 0 Å². The maximum atomic E-state index is 12.7. The summed E-state index contributed by atoms with van der Waals surface area (Å²) >= 11 is 0. The second kappa shape index (κ2) is 5.22. The first-order chi connectivity index (χ1) is 6.58. The Hall–Kier alpha value is -0.743. The van der Waals surface area contributed by atoms with Crippen LogP contribution in [0, 0.1) is 11.6 Å². The SMILES string of the molecule is C[SiH](C)OCCc1cc(F)cc(F)c1. The lowest BCUT2D eigenvalue weighted by atomic mass is 10.1. The topological polar surface area (TPSA) is 9.23 Å². The van der Waals surface area contributed by atoms with Crippen molar-refractivity contribution in [1.82, 2.24) is 0 Å². The molecule has 0 aliphatic carbocycles. The van der Waals surface area contributed by atoms with Crippen LogP contribution in [0.15, 0.2) is 18.2 Å². The summed E-state index contributed by atoms with van der Waals surface area (Å²) in [6.45, 7) is 4.67. The van der Waals surface area contributed by atoms with Gasteiger partial charge < -0.3 is 4.43 Å². The number of hydrogen-bond acceptors (Lipinski definition) is 1. The average Bonchev–Trinajstić information content (AvgIpc) is 2.01. The molecule has 0 amide bonds. The van der Waals surface area contributed by atoms with Crippen LogP contribution in [0.25, 0.3) is 0 Å². The third kappa shape index (κ3) is 3.98. The van der Waals surface area contributed by atoms with E-state index in [0.29, 0.717) is 18.6 Å². The Morgan fingerprint density at radius 2 is 1.71 bits per heavy atom. The van der Waals surface area contributed by atoms with Crippen LogP contribution >= 0.6 is 0 Å². The molecule has 0 bridgehead atoms. The summed E-state index contributed by atoms with van der Waals surface area (Å²) in [6, 6.07) is 3.56. The highest BCUT2D eigenvalue weighted by Crippen LogP contribution is 2.08. The second-order valence-electron chi connectivity index (χ2n) is 3.45. The molecule has 0 unspecified atom stereocenters. The van der Waals surface area contributed by atoms with Crippen LogP contribution in [0.4, 0.5) is 8.78 Å².